The Balaban J connectivity index is 2.28. The Morgan fingerprint density at radius 2 is 2.31 bits per heavy atom. The molecule has 1 atom stereocenters. The molecule has 16 heavy (non-hydrogen) atoms. The molecule has 5 nitrogen and oxygen atoms in total. The van der Waals surface area contributed by atoms with E-state index in [0.717, 1.165) is 12.1 Å². The third-order valence-corrected chi connectivity index (χ3v) is 2.87. The van der Waals surface area contributed by atoms with Gasteiger partial charge in [0.2, 0.25) is 0 Å². The second-order valence-corrected chi connectivity index (χ2v) is 4.48. The molecule has 1 aromatic rings. The second-order valence-electron chi connectivity index (χ2n) is 3.56. The van der Waals surface area contributed by atoms with Gasteiger partial charge in [0.05, 0.1) is 17.6 Å². The fourth-order valence-electron chi connectivity index (χ4n) is 1.67. The number of hydrogen-bond acceptors (Lipinski definition) is 4. The predicted octanol–water partition coefficient (Wildman–Crippen LogP) is 2.02. The summed E-state index contributed by atoms with van der Waals surface area (Å²) in [5, 5.41) is 13.9. The van der Waals surface area contributed by atoms with Gasteiger partial charge in [-0.2, -0.15) is 0 Å². The average Bonchev–Trinajstić information content (AvgIpc) is 2.29. The van der Waals surface area contributed by atoms with Gasteiger partial charge in [-0.1, -0.05) is 15.9 Å². The molecule has 1 saturated heterocycles. The first-order chi connectivity index (χ1) is 7.66. The normalized spacial score (nSPS) is 20.7. The van der Waals surface area contributed by atoms with Crippen molar-refractivity contribution in [3.8, 4) is 0 Å². The van der Waals surface area contributed by atoms with E-state index in [9.17, 15) is 10.1 Å². The predicted molar refractivity (Wildman–Crippen MR) is 62.4 cm³/mol. The smallest absolute Gasteiger partial charge is 0.270 e. The number of halogens is 1. The minimum Gasteiger partial charge on any atom is -0.371 e. The molecule has 0 radical (unpaired) electrons. The lowest BCUT2D eigenvalue weighted by Gasteiger charge is -2.23. The van der Waals surface area contributed by atoms with Gasteiger partial charge < -0.3 is 10.1 Å². The maximum atomic E-state index is 10.7. The molecule has 0 aliphatic carbocycles. The molecule has 86 valence electrons. The number of nitro groups is 1. The summed E-state index contributed by atoms with van der Waals surface area (Å²) >= 11 is 3.27. The molecule has 0 saturated carbocycles. The Bertz CT molecular complexity index is 405. The molecule has 1 unspecified atom stereocenters. The summed E-state index contributed by atoms with van der Waals surface area (Å²) in [6, 6.07) is 4.90. The molecular weight excluding hydrogens is 276 g/mol. The Morgan fingerprint density at radius 1 is 1.50 bits per heavy atom. The molecule has 1 aliphatic rings. The van der Waals surface area contributed by atoms with Crippen LogP contribution in [0.15, 0.2) is 22.7 Å². The van der Waals surface area contributed by atoms with Gasteiger partial charge in [0.15, 0.2) is 0 Å². The highest BCUT2D eigenvalue weighted by molar-refractivity contribution is 9.10. The number of hydrogen-bond donors (Lipinski definition) is 1. The first-order valence-electron chi connectivity index (χ1n) is 4.94. The van der Waals surface area contributed by atoms with Gasteiger partial charge in [-0.05, 0) is 11.6 Å². The number of non-ortho nitro benzene ring substituents is 1. The van der Waals surface area contributed by atoms with E-state index in [0.29, 0.717) is 17.6 Å². The van der Waals surface area contributed by atoms with E-state index >= 15 is 0 Å². The number of rotatable bonds is 2. The second kappa shape index (κ2) is 4.90. The van der Waals surface area contributed by atoms with Crippen molar-refractivity contribution in [3.63, 3.8) is 0 Å². The van der Waals surface area contributed by atoms with E-state index in [2.05, 4.69) is 21.2 Å². The van der Waals surface area contributed by atoms with Crippen LogP contribution in [0.1, 0.15) is 11.7 Å². The molecule has 1 N–H and O–H groups in total. The van der Waals surface area contributed by atoms with Crippen LogP contribution in [0.5, 0.6) is 0 Å². The third kappa shape index (κ3) is 2.58. The summed E-state index contributed by atoms with van der Waals surface area (Å²) in [6.07, 6.45) is -0.107. The molecule has 6 heteroatoms. The van der Waals surface area contributed by atoms with Crippen molar-refractivity contribution in [3.05, 3.63) is 38.3 Å². The molecule has 0 amide bonds. The van der Waals surface area contributed by atoms with E-state index < -0.39 is 4.92 Å². The van der Waals surface area contributed by atoms with E-state index in [1.54, 1.807) is 6.07 Å². The van der Waals surface area contributed by atoms with E-state index in [4.69, 9.17) is 4.74 Å². The van der Waals surface area contributed by atoms with Gasteiger partial charge in [0.25, 0.3) is 5.69 Å². The van der Waals surface area contributed by atoms with Gasteiger partial charge >= 0.3 is 0 Å². The van der Waals surface area contributed by atoms with Crippen LogP contribution in [0.3, 0.4) is 0 Å². The summed E-state index contributed by atoms with van der Waals surface area (Å²) in [5.41, 5.74) is 0.909. The zero-order valence-corrected chi connectivity index (χ0v) is 10.1. The lowest BCUT2D eigenvalue weighted by Crippen LogP contribution is -2.33. The monoisotopic (exact) mass is 286 g/mol. The Morgan fingerprint density at radius 3 is 2.94 bits per heavy atom. The Hall–Kier alpha value is -0.980. The Kier molecular flexibility index (Phi) is 3.52. The molecule has 0 spiro atoms. The van der Waals surface area contributed by atoms with Crippen molar-refractivity contribution in [2.24, 2.45) is 0 Å². The molecule has 1 aromatic carbocycles. The van der Waals surface area contributed by atoms with Gasteiger partial charge in [-0.15, -0.1) is 0 Å². The summed E-state index contributed by atoms with van der Waals surface area (Å²) in [6.45, 7) is 2.14. The van der Waals surface area contributed by atoms with Crippen LogP contribution in [0.2, 0.25) is 0 Å². The first kappa shape index (κ1) is 11.5. The Labute approximate surface area is 101 Å². The maximum absolute atomic E-state index is 10.7. The van der Waals surface area contributed by atoms with Gasteiger partial charge in [0.1, 0.15) is 0 Å². The van der Waals surface area contributed by atoms with Crippen LogP contribution < -0.4 is 5.32 Å². The number of nitro benzene ring substituents is 1. The molecule has 1 aliphatic heterocycles. The van der Waals surface area contributed by atoms with Crippen LogP contribution in [-0.2, 0) is 4.74 Å². The molecule has 1 fully saturated rings. The first-order valence-corrected chi connectivity index (χ1v) is 5.73. The fourth-order valence-corrected chi connectivity index (χ4v) is 2.17. The van der Waals surface area contributed by atoms with E-state index in [-0.39, 0.29) is 11.8 Å². The number of nitrogens with zero attached hydrogens (tertiary/aromatic N) is 1. The number of benzene rings is 1. The van der Waals surface area contributed by atoms with Crippen LogP contribution in [0, 0.1) is 10.1 Å². The summed E-state index contributed by atoms with van der Waals surface area (Å²) in [5.74, 6) is 0. The average molecular weight is 287 g/mol. The van der Waals surface area contributed by atoms with Crippen molar-refractivity contribution >= 4 is 21.6 Å². The minimum atomic E-state index is -0.398. The lowest BCUT2D eigenvalue weighted by molar-refractivity contribution is -0.385. The summed E-state index contributed by atoms with van der Waals surface area (Å²) in [7, 11) is 0. The van der Waals surface area contributed by atoms with Gasteiger partial charge in [-0.3, -0.25) is 10.1 Å². The van der Waals surface area contributed by atoms with Gasteiger partial charge in [0, 0.05) is 29.7 Å². The quantitative estimate of drug-likeness (QED) is 0.667. The summed E-state index contributed by atoms with van der Waals surface area (Å²) in [4.78, 5) is 10.3. The fraction of sp³-hybridized carbons (Fsp3) is 0.400. The molecule has 2 rings (SSSR count). The zero-order valence-electron chi connectivity index (χ0n) is 8.48. The largest absolute Gasteiger partial charge is 0.371 e. The number of ether oxygens (including phenoxy) is 1. The molecule has 0 bridgehead atoms. The van der Waals surface area contributed by atoms with Crippen molar-refractivity contribution in [2.75, 3.05) is 19.7 Å². The minimum absolute atomic E-state index is 0.0820. The van der Waals surface area contributed by atoms with Crippen molar-refractivity contribution < 1.29 is 9.66 Å². The molecular formula is C10H11BrN2O3. The molecule has 0 aromatic heterocycles. The van der Waals surface area contributed by atoms with Crippen LogP contribution in [0.25, 0.3) is 0 Å². The lowest BCUT2D eigenvalue weighted by atomic mass is 10.1. The standard InChI is InChI=1S/C10H11BrN2O3/c11-8-3-7(4-9(5-8)13(14)15)10-6-12-1-2-16-10/h3-5,10,12H,1-2,6H2. The number of morpholine rings is 1. The van der Waals surface area contributed by atoms with Crippen molar-refractivity contribution in [2.45, 2.75) is 6.10 Å². The van der Waals surface area contributed by atoms with E-state index in [1.165, 1.54) is 6.07 Å². The van der Waals surface area contributed by atoms with Crippen LogP contribution >= 0.6 is 15.9 Å². The molecule has 1 heterocycles. The van der Waals surface area contributed by atoms with Crippen LogP contribution in [-0.4, -0.2) is 24.6 Å². The zero-order chi connectivity index (χ0) is 11.5. The number of nitrogens with one attached hydrogen (secondary N) is 1. The third-order valence-electron chi connectivity index (χ3n) is 2.42. The SMILES string of the molecule is O=[N+]([O-])c1cc(Br)cc(C2CNCCO2)c1. The van der Waals surface area contributed by atoms with Crippen molar-refractivity contribution in [1.82, 2.24) is 5.32 Å². The highest BCUT2D eigenvalue weighted by Gasteiger charge is 2.19. The van der Waals surface area contributed by atoms with Crippen molar-refractivity contribution in [1.29, 1.82) is 0 Å². The topological polar surface area (TPSA) is 64.4 Å². The summed E-state index contributed by atoms with van der Waals surface area (Å²) < 4.78 is 6.25. The maximum Gasteiger partial charge on any atom is 0.270 e. The van der Waals surface area contributed by atoms with Gasteiger partial charge in [-0.25, -0.2) is 0 Å². The van der Waals surface area contributed by atoms with Crippen LogP contribution in [0.4, 0.5) is 5.69 Å². The highest BCUT2D eigenvalue weighted by Crippen LogP contribution is 2.27. The van der Waals surface area contributed by atoms with E-state index in [1.807, 2.05) is 6.07 Å². The highest BCUT2D eigenvalue weighted by atomic mass is 79.9.